The molecule has 0 aliphatic carbocycles. The van der Waals surface area contributed by atoms with Crippen LogP contribution < -0.4 is 0 Å². The van der Waals surface area contributed by atoms with Gasteiger partial charge in [-0.3, -0.25) is 9.55 Å². The summed E-state index contributed by atoms with van der Waals surface area (Å²) in [5.74, 6) is 0.558. The van der Waals surface area contributed by atoms with Crippen LogP contribution in [0.3, 0.4) is 0 Å². The molecule has 0 atom stereocenters. The highest BCUT2D eigenvalue weighted by molar-refractivity contribution is 5.97. The molecular weight excluding hydrogens is 851 g/mol. The number of hydrogen-bond donors (Lipinski definition) is 1. The highest BCUT2D eigenvalue weighted by atomic mass is 16.3. The van der Waals surface area contributed by atoms with Crippen LogP contribution in [0.25, 0.3) is 83.9 Å². The normalized spacial score (nSPS) is 13.4. The number of fused-ring (bicyclic) bond motifs is 1. The summed E-state index contributed by atoms with van der Waals surface area (Å²) in [5.41, 5.74) is 16.0. The maximum Gasteiger partial charge on any atom is 0.149 e. The van der Waals surface area contributed by atoms with Gasteiger partial charge in [0.15, 0.2) is 0 Å². The summed E-state index contributed by atoms with van der Waals surface area (Å²) in [4.78, 5) is 10.7. The first-order valence-electron chi connectivity index (χ1n) is 27.2. The van der Waals surface area contributed by atoms with Crippen molar-refractivity contribution in [1.82, 2.24) is 14.5 Å². The second kappa shape index (κ2) is 18.4. The van der Waals surface area contributed by atoms with E-state index in [-0.39, 0.29) is 58.1 Å². The minimum Gasteiger partial charge on any atom is -0.507 e. The maximum atomic E-state index is 12.7. The van der Waals surface area contributed by atoms with Gasteiger partial charge in [0.25, 0.3) is 0 Å². The fourth-order valence-corrected chi connectivity index (χ4v) is 9.52. The predicted molar refractivity (Wildman–Crippen MR) is 297 cm³/mol. The van der Waals surface area contributed by atoms with Crippen LogP contribution in [0.2, 0.25) is 0 Å². The second-order valence-electron chi connectivity index (χ2n) is 22.6. The van der Waals surface area contributed by atoms with E-state index in [1.807, 2.05) is 24.4 Å². The third-order valence-electron chi connectivity index (χ3n) is 13.6. The summed E-state index contributed by atoms with van der Waals surface area (Å²) in [6.45, 7) is 28.1. The van der Waals surface area contributed by atoms with E-state index in [0.29, 0.717) is 17.0 Å². The van der Waals surface area contributed by atoms with Gasteiger partial charge in [0.2, 0.25) is 0 Å². The zero-order valence-corrected chi connectivity index (χ0v) is 43.1. The van der Waals surface area contributed by atoms with Crippen LogP contribution in [0, 0.1) is 0 Å². The molecule has 4 heteroatoms. The molecule has 0 fully saturated rings. The molecule has 9 aromatic rings. The van der Waals surface area contributed by atoms with E-state index in [1.54, 1.807) is 0 Å². The number of pyridine rings is 1. The first-order chi connectivity index (χ1) is 35.2. The van der Waals surface area contributed by atoms with Gasteiger partial charge < -0.3 is 5.11 Å². The van der Waals surface area contributed by atoms with Crippen LogP contribution in [0.4, 0.5) is 0 Å². The van der Waals surface area contributed by atoms with Crippen LogP contribution in [0.1, 0.15) is 137 Å². The third-order valence-corrected chi connectivity index (χ3v) is 13.6. The van der Waals surface area contributed by atoms with Gasteiger partial charge in [0.05, 0.1) is 34.8 Å². The number of imidazole rings is 1. The lowest BCUT2D eigenvalue weighted by molar-refractivity contribution is 0.446. The van der Waals surface area contributed by atoms with E-state index in [9.17, 15) is 5.11 Å². The number of nitrogens with zero attached hydrogens (tertiary/aromatic N) is 3. The molecule has 1 N–H and O–H groups in total. The number of phenolic OH excluding ortho intramolecular Hbond substituents is 1. The van der Waals surface area contributed by atoms with E-state index >= 15 is 0 Å². The Hall–Kier alpha value is -7.04. The lowest BCUT2D eigenvalue weighted by atomic mass is 9.78. The van der Waals surface area contributed by atoms with Crippen LogP contribution >= 0.6 is 0 Å². The van der Waals surface area contributed by atoms with Gasteiger partial charge in [0, 0.05) is 22.9 Å². The summed E-state index contributed by atoms with van der Waals surface area (Å²) in [6.07, 6.45) is 1.89. The summed E-state index contributed by atoms with van der Waals surface area (Å²) < 4.78 is 45.9. The molecule has 0 spiro atoms. The highest BCUT2D eigenvalue weighted by Gasteiger charge is 2.31. The first-order valence-corrected chi connectivity index (χ1v) is 24.7. The van der Waals surface area contributed by atoms with Crippen molar-refractivity contribution in [3.05, 3.63) is 192 Å². The van der Waals surface area contributed by atoms with Crippen molar-refractivity contribution >= 4 is 11.0 Å². The van der Waals surface area contributed by atoms with E-state index < -0.39 is 11.5 Å². The molecule has 0 aliphatic rings. The molecule has 2 aromatic heterocycles. The average Bonchev–Trinajstić information content (AvgIpc) is 3.78. The Morgan fingerprint density at radius 3 is 1.69 bits per heavy atom. The lowest BCUT2D eigenvalue weighted by Crippen LogP contribution is -2.17. The van der Waals surface area contributed by atoms with Crippen LogP contribution in [0.5, 0.6) is 5.75 Å². The summed E-state index contributed by atoms with van der Waals surface area (Å²) in [6, 6.07) is 42.9. The first kappa shape index (κ1) is 41.9. The summed E-state index contributed by atoms with van der Waals surface area (Å²) in [5, 5.41) is 12.7. The molecular formula is C66H69N3O. The van der Waals surface area contributed by atoms with E-state index in [1.165, 1.54) is 5.56 Å². The molecule has 7 aromatic carbocycles. The van der Waals surface area contributed by atoms with Gasteiger partial charge in [-0.05, 0) is 138 Å². The largest absolute Gasteiger partial charge is 0.507 e. The Morgan fingerprint density at radius 1 is 0.500 bits per heavy atom. The van der Waals surface area contributed by atoms with Gasteiger partial charge in [-0.15, -0.1) is 0 Å². The lowest BCUT2D eigenvalue weighted by Gasteiger charge is -2.28. The fourth-order valence-electron chi connectivity index (χ4n) is 9.52. The van der Waals surface area contributed by atoms with E-state index in [4.69, 9.17) is 16.8 Å². The number of rotatable bonds is 9. The monoisotopic (exact) mass is 925 g/mol. The number of aromatic hydroxyl groups is 1. The van der Waals surface area contributed by atoms with Gasteiger partial charge in [-0.25, -0.2) is 4.98 Å². The smallest absolute Gasteiger partial charge is 0.149 e. The number of hydrogen-bond acceptors (Lipinski definition) is 3. The average molecular weight is 925 g/mol. The number of aromatic nitrogens is 3. The van der Waals surface area contributed by atoms with Crippen molar-refractivity contribution in [1.29, 1.82) is 0 Å². The van der Waals surface area contributed by atoms with E-state index in [0.717, 1.165) is 83.6 Å². The van der Waals surface area contributed by atoms with Gasteiger partial charge in [-0.1, -0.05) is 199 Å². The van der Waals surface area contributed by atoms with Crippen molar-refractivity contribution < 1.29 is 12.0 Å². The Morgan fingerprint density at radius 2 is 1.09 bits per heavy atom. The van der Waals surface area contributed by atoms with Gasteiger partial charge in [-0.2, -0.15) is 0 Å². The zero-order chi connectivity index (χ0) is 54.2. The zero-order valence-electron chi connectivity index (χ0n) is 48.1. The van der Waals surface area contributed by atoms with Crippen LogP contribution in [0.15, 0.2) is 164 Å². The molecule has 0 radical (unpaired) electrons. The number of benzene rings is 7. The minimum atomic E-state index is -0.425. The fraction of sp³-hybridized carbons (Fsp3) is 0.273. The van der Waals surface area contributed by atoms with Gasteiger partial charge in [0.1, 0.15) is 11.6 Å². The summed E-state index contributed by atoms with van der Waals surface area (Å²) >= 11 is 0. The molecule has 0 saturated heterocycles. The Bertz CT molecular complexity index is 3610. The van der Waals surface area contributed by atoms with Crippen molar-refractivity contribution in [2.45, 2.75) is 118 Å². The van der Waals surface area contributed by atoms with Crippen LogP contribution in [-0.2, 0) is 16.2 Å². The Kier molecular flexibility index (Phi) is 11.0. The molecule has 0 unspecified atom stereocenters. The Balaban J connectivity index is 1.34. The quantitative estimate of drug-likeness (QED) is 0.157. The van der Waals surface area contributed by atoms with Crippen molar-refractivity contribution in [2.75, 3.05) is 0 Å². The molecule has 0 aliphatic heterocycles. The number of phenols is 1. The predicted octanol–water partition coefficient (Wildman–Crippen LogP) is 18.3. The Labute approximate surface area is 424 Å². The standard InChI is InChI=1S/C66H69N3O/c1-41(2)54-36-48(44-23-18-15-19-24-44)37-55(42(3)4)61(54)69-59-26-20-25-53(60(59)68-63(69)56-39-52(65(8,9)10)40-57(62(56)70)66(11,12)13)49-33-50(35-51(34-49)64(5,6)7)58-38-47(31-32-67-58)46-29-27-45(28-30-46)43-21-16-14-17-22-43/h14-42,70H,1-13H3/i15D,18D,19D,23D,24D. The maximum absolute atomic E-state index is 12.7. The van der Waals surface area contributed by atoms with E-state index in [2.05, 4.69) is 204 Å². The molecule has 0 bridgehead atoms. The van der Waals surface area contributed by atoms with Crippen molar-refractivity contribution in [3.63, 3.8) is 0 Å². The molecule has 2 heterocycles. The summed E-state index contributed by atoms with van der Waals surface area (Å²) in [7, 11) is 0. The molecule has 354 valence electrons. The molecule has 0 saturated carbocycles. The topological polar surface area (TPSA) is 50.9 Å². The van der Waals surface area contributed by atoms with Crippen molar-refractivity contribution in [2.24, 2.45) is 0 Å². The number of para-hydroxylation sites is 1. The van der Waals surface area contributed by atoms with Gasteiger partial charge >= 0.3 is 0 Å². The minimum absolute atomic E-state index is 0.0913. The molecule has 4 nitrogen and oxygen atoms in total. The molecule has 0 amide bonds. The molecule has 70 heavy (non-hydrogen) atoms. The highest BCUT2D eigenvalue weighted by Crippen LogP contribution is 2.47. The second-order valence-corrected chi connectivity index (χ2v) is 22.6. The van der Waals surface area contributed by atoms with Crippen LogP contribution in [-0.4, -0.2) is 19.6 Å². The molecule has 9 rings (SSSR count). The van der Waals surface area contributed by atoms with Crippen molar-refractivity contribution in [3.8, 4) is 78.6 Å². The SMILES string of the molecule is [2H]c1c([2H])c([2H])c(-c2cc(C(C)C)c(-n3c(-c4cc(C(C)(C)C)cc(C(C)(C)C)c4O)nc4c(-c5cc(-c6cc(-c7ccc(-c8ccccc8)cc7)ccn6)cc(C(C)(C)C)c5)cccc43)c(C(C)C)c2)c([2H])c1[2H]. The third kappa shape index (κ3) is 9.37.